The molecule has 1 aromatic heterocycles. The zero-order chi connectivity index (χ0) is 23.4. The molecular weight excluding hydrogens is 433 g/mol. The summed E-state index contributed by atoms with van der Waals surface area (Å²) in [5.74, 6) is -2.38. The minimum absolute atomic E-state index is 0.125. The second-order valence-corrected chi connectivity index (χ2v) is 8.59. The number of ether oxygens (including phenoxy) is 2. The fourth-order valence-corrected chi connectivity index (χ4v) is 4.83. The standard InChI is InChI=1S/C23H28FN3O6/c24-15-6-7-16-17(12-15)32-22(26-16)21(29)20(14-4-2-1-3-5-14)18(33-23(25)30)13-19(28)27-8-10-31-11-9-27/h6-7,12,14,18,20H,1-5,8-11,13H2,(H2,25,30). The molecule has 1 aliphatic heterocycles. The molecule has 2 atom stereocenters. The maximum atomic E-state index is 13.7. The quantitative estimate of drug-likeness (QED) is 0.628. The molecule has 0 radical (unpaired) electrons. The summed E-state index contributed by atoms with van der Waals surface area (Å²) in [4.78, 5) is 44.2. The Balaban J connectivity index is 1.64. The molecule has 2 unspecified atom stereocenters. The van der Waals surface area contributed by atoms with E-state index in [2.05, 4.69) is 4.98 Å². The van der Waals surface area contributed by atoms with E-state index in [4.69, 9.17) is 19.6 Å². The largest absolute Gasteiger partial charge is 0.445 e. The van der Waals surface area contributed by atoms with Crippen LogP contribution in [0.4, 0.5) is 9.18 Å². The van der Waals surface area contributed by atoms with E-state index in [0.717, 1.165) is 38.2 Å². The summed E-state index contributed by atoms with van der Waals surface area (Å²) in [5, 5.41) is 0. The van der Waals surface area contributed by atoms with Gasteiger partial charge in [-0.1, -0.05) is 19.3 Å². The molecule has 0 bridgehead atoms. The van der Waals surface area contributed by atoms with E-state index in [1.165, 1.54) is 12.1 Å². The van der Waals surface area contributed by atoms with E-state index in [1.807, 2.05) is 0 Å². The minimum Gasteiger partial charge on any atom is -0.445 e. The highest BCUT2D eigenvalue weighted by atomic mass is 19.1. The number of aromatic nitrogens is 1. The van der Waals surface area contributed by atoms with Crippen LogP contribution in [0.25, 0.3) is 11.1 Å². The molecule has 0 spiro atoms. The number of amides is 2. The predicted molar refractivity (Wildman–Crippen MR) is 115 cm³/mol. The number of nitrogens with zero attached hydrogens (tertiary/aromatic N) is 2. The fourth-order valence-electron chi connectivity index (χ4n) is 4.83. The van der Waals surface area contributed by atoms with Crippen molar-refractivity contribution in [3.8, 4) is 0 Å². The van der Waals surface area contributed by atoms with Crippen molar-refractivity contribution in [2.24, 2.45) is 17.6 Å². The average Bonchev–Trinajstić information content (AvgIpc) is 3.23. The Kier molecular flexibility index (Phi) is 7.22. The van der Waals surface area contributed by atoms with Gasteiger partial charge in [0, 0.05) is 19.2 Å². The number of Topliss-reactive ketones (excluding diaryl/α,β-unsaturated/α-hetero) is 1. The first-order valence-corrected chi connectivity index (χ1v) is 11.3. The Morgan fingerprint density at radius 3 is 2.61 bits per heavy atom. The third-order valence-corrected chi connectivity index (χ3v) is 6.43. The van der Waals surface area contributed by atoms with Crippen LogP contribution in [0.1, 0.15) is 49.2 Å². The van der Waals surface area contributed by atoms with E-state index in [-0.39, 0.29) is 29.7 Å². The van der Waals surface area contributed by atoms with Gasteiger partial charge < -0.3 is 24.5 Å². The van der Waals surface area contributed by atoms with Gasteiger partial charge in [-0.25, -0.2) is 14.2 Å². The van der Waals surface area contributed by atoms with E-state index >= 15 is 0 Å². The van der Waals surface area contributed by atoms with Crippen LogP contribution in [-0.2, 0) is 14.3 Å². The number of carbonyl (C=O) groups excluding carboxylic acids is 3. The summed E-state index contributed by atoms with van der Waals surface area (Å²) in [5.41, 5.74) is 5.83. The second kappa shape index (κ2) is 10.3. The van der Waals surface area contributed by atoms with Gasteiger partial charge >= 0.3 is 6.09 Å². The molecule has 2 aromatic rings. The second-order valence-electron chi connectivity index (χ2n) is 8.59. The fraction of sp³-hybridized carbons (Fsp3) is 0.565. The summed E-state index contributed by atoms with van der Waals surface area (Å²) < 4.78 is 29.8. The maximum absolute atomic E-state index is 13.7. The number of halogens is 1. The summed E-state index contributed by atoms with van der Waals surface area (Å²) in [6, 6.07) is 3.83. The number of benzene rings is 1. The van der Waals surface area contributed by atoms with Crippen molar-refractivity contribution in [2.45, 2.75) is 44.6 Å². The van der Waals surface area contributed by atoms with Crippen molar-refractivity contribution < 1.29 is 32.7 Å². The Morgan fingerprint density at radius 1 is 1.18 bits per heavy atom. The molecule has 9 nitrogen and oxygen atoms in total. The van der Waals surface area contributed by atoms with Gasteiger partial charge in [-0.3, -0.25) is 9.59 Å². The van der Waals surface area contributed by atoms with E-state index in [0.29, 0.717) is 31.8 Å². The molecule has 10 heteroatoms. The van der Waals surface area contributed by atoms with Crippen LogP contribution in [-0.4, -0.2) is 60.1 Å². The van der Waals surface area contributed by atoms with Crippen LogP contribution in [0.15, 0.2) is 22.6 Å². The molecule has 2 heterocycles. The van der Waals surface area contributed by atoms with Crippen LogP contribution >= 0.6 is 0 Å². The van der Waals surface area contributed by atoms with Crippen molar-refractivity contribution in [2.75, 3.05) is 26.3 Å². The lowest BCUT2D eigenvalue weighted by Crippen LogP contribution is -2.46. The first-order valence-electron chi connectivity index (χ1n) is 11.3. The van der Waals surface area contributed by atoms with Crippen LogP contribution in [0.2, 0.25) is 0 Å². The van der Waals surface area contributed by atoms with Gasteiger partial charge in [0.15, 0.2) is 5.58 Å². The van der Waals surface area contributed by atoms with Crippen LogP contribution < -0.4 is 5.73 Å². The third kappa shape index (κ3) is 5.50. The van der Waals surface area contributed by atoms with Gasteiger partial charge in [0.1, 0.15) is 17.4 Å². The molecule has 1 saturated carbocycles. The average molecular weight is 461 g/mol. The van der Waals surface area contributed by atoms with Crippen molar-refractivity contribution in [1.29, 1.82) is 0 Å². The zero-order valence-electron chi connectivity index (χ0n) is 18.3. The SMILES string of the molecule is NC(=O)OC(CC(=O)N1CCOCC1)C(C(=O)c1nc2ccc(F)cc2o1)C1CCCCC1. The summed E-state index contributed by atoms with van der Waals surface area (Å²) in [7, 11) is 0. The number of oxazole rings is 1. The van der Waals surface area contributed by atoms with E-state index < -0.39 is 29.7 Å². The summed E-state index contributed by atoms with van der Waals surface area (Å²) >= 11 is 0. The lowest BCUT2D eigenvalue weighted by atomic mass is 9.74. The van der Waals surface area contributed by atoms with Gasteiger partial charge in [-0.05, 0) is 30.9 Å². The zero-order valence-corrected chi connectivity index (χ0v) is 18.3. The van der Waals surface area contributed by atoms with E-state index in [1.54, 1.807) is 4.90 Å². The monoisotopic (exact) mass is 461 g/mol. The third-order valence-electron chi connectivity index (χ3n) is 6.43. The van der Waals surface area contributed by atoms with Crippen LogP contribution in [0.3, 0.4) is 0 Å². The number of primary amides is 1. The van der Waals surface area contributed by atoms with Gasteiger partial charge in [0.05, 0.1) is 25.6 Å². The number of ketones is 1. The highest BCUT2D eigenvalue weighted by Gasteiger charge is 2.42. The van der Waals surface area contributed by atoms with Crippen molar-refractivity contribution >= 4 is 28.9 Å². The topological polar surface area (TPSA) is 125 Å². The molecule has 4 rings (SSSR count). The van der Waals surface area contributed by atoms with Crippen LogP contribution in [0, 0.1) is 17.7 Å². The number of nitrogens with two attached hydrogens (primary N) is 1. The van der Waals surface area contributed by atoms with Crippen molar-refractivity contribution in [3.05, 3.63) is 29.9 Å². The number of morpholine rings is 1. The van der Waals surface area contributed by atoms with Gasteiger partial charge in [-0.2, -0.15) is 0 Å². The van der Waals surface area contributed by atoms with Crippen molar-refractivity contribution in [1.82, 2.24) is 9.88 Å². The number of rotatable bonds is 7. The Labute approximate surface area is 190 Å². The number of hydrogen-bond acceptors (Lipinski definition) is 7. The van der Waals surface area contributed by atoms with Gasteiger partial charge in [-0.15, -0.1) is 0 Å². The number of fused-ring (bicyclic) bond motifs is 1. The summed E-state index contributed by atoms with van der Waals surface area (Å²) in [6.07, 6.45) is 2.11. The van der Waals surface area contributed by atoms with Gasteiger partial charge in [0.2, 0.25) is 11.7 Å². The lowest BCUT2D eigenvalue weighted by molar-refractivity contribution is -0.138. The molecule has 2 aliphatic rings. The molecule has 178 valence electrons. The first-order chi connectivity index (χ1) is 15.9. The normalized spacial score (nSPS) is 19.2. The van der Waals surface area contributed by atoms with Crippen molar-refractivity contribution in [3.63, 3.8) is 0 Å². The highest BCUT2D eigenvalue weighted by molar-refractivity contribution is 5.97. The molecule has 2 N–H and O–H groups in total. The highest BCUT2D eigenvalue weighted by Crippen LogP contribution is 2.36. The molecular formula is C23H28FN3O6. The molecule has 2 amide bonds. The van der Waals surface area contributed by atoms with E-state index in [9.17, 15) is 18.8 Å². The molecule has 1 saturated heterocycles. The number of carbonyl (C=O) groups is 3. The number of hydrogen-bond donors (Lipinski definition) is 1. The summed E-state index contributed by atoms with van der Waals surface area (Å²) in [6.45, 7) is 1.72. The predicted octanol–water partition coefficient (Wildman–Crippen LogP) is 3.06. The Morgan fingerprint density at radius 2 is 1.91 bits per heavy atom. The molecule has 33 heavy (non-hydrogen) atoms. The lowest BCUT2D eigenvalue weighted by Gasteiger charge is -2.34. The minimum atomic E-state index is -1.06. The Bertz CT molecular complexity index is 1010. The van der Waals surface area contributed by atoms with Crippen LogP contribution in [0.5, 0.6) is 0 Å². The molecule has 1 aromatic carbocycles. The first kappa shape index (κ1) is 23.2. The Hall–Kier alpha value is -3.01. The molecule has 2 fully saturated rings. The smallest absolute Gasteiger partial charge is 0.404 e. The molecule has 1 aliphatic carbocycles. The maximum Gasteiger partial charge on any atom is 0.404 e. The van der Waals surface area contributed by atoms with Gasteiger partial charge in [0.25, 0.3) is 5.89 Å².